The first-order valence-electron chi connectivity index (χ1n) is 7.34. The van der Waals surface area contributed by atoms with Crippen LogP contribution in [0, 0.1) is 0 Å². The average molecular weight is 307 g/mol. The van der Waals surface area contributed by atoms with Gasteiger partial charge in [0.1, 0.15) is 0 Å². The van der Waals surface area contributed by atoms with Gasteiger partial charge in [0.15, 0.2) is 0 Å². The zero-order valence-corrected chi connectivity index (χ0v) is 12.7. The largest absolute Gasteiger partial charge is 0.428 e. The van der Waals surface area contributed by atoms with Crippen LogP contribution in [0.3, 0.4) is 0 Å². The number of carbonyl (C=O) groups excluding carboxylic acids is 2. The number of hydrogen-bond acceptors (Lipinski definition) is 6. The monoisotopic (exact) mass is 307 g/mol. The third-order valence-corrected chi connectivity index (χ3v) is 3.58. The Morgan fingerprint density at radius 3 is 2.68 bits per heavy atom. The highest BCUT2D eigenvalue weighted by Gasteiger charge is 2.17. The van der Waals surface area contributed by atoms with Crippen molar-refractivity contribution in [2.45, 2.75) is 32.4 Å². The summed E-state index contributed by atoms with van der Waals surface area (Å²) in [5.41, 5.74) is 1.44. The molecule has 0 aromatic heterocycles. The number of aliphatic hydroxyl groups is 1. The quantitative estimate of drug-likeness (QED) is 0.653. The zero-order valence-electron chi connectivity index (χ0n) is 12.7. The van der Waals surface area contributed by atoms with Crippen LogP contribution < -0.4 is 0 Å². The van der Waals surface area contributed by atoms with Crippen molar-refractivity contribution < 1.29 is 24.2 Å². The van der Waals surface area contributed by atoms with E-state index in [1.54, 1.807) is 18.2 Å². The van der Waals surface area contributed by atoms with Crippen molar-refractivity contribution in [3.8, 4) is 0 Å². The standard InChI is InChI=1S/C16H21NO5/c1-12(18)21-11-22-16(20)14-4-2-3-13(9-14)10-17-7-5-15(19)6-8-17/h2-4,9,15,19H,5-8,10-11H2,1H3. The van der Waals surface area contributed by atoms with Crippen LogP contribution in [0.15, 0.2) is 24.3 Å². The number of carbonyl (C=O) groups is 2. The summed E-state index contributed by atoms with van der Waals surface area (Å²) in [7, 11) is 0. The highest BCUT2D eigenvalue weighted by atomic mass is 16.7. The summed E-state index contributed by atoms with van der Waals surface area (Å²) in [5, 5.41) is 9.51. The highest BCUT2D eigenvalue weighted by Crippen LogP contribution is 2.15. The normalized spacial score (nSPS) is 16.3. The predicted octanol–water partition coefficient (Wildman–Crippen LogP) is 1.32. The van der Waals surface area contributed by atoms with E-state index in [9.17, 15) is 14.7 Å². The molecule has 6 heteroatoms. The van der Waals surface area contributed by atoms with Crippen molar-refractivity contribution in [1.82, 2.24) is 4.90 Å². The fraction of sp³-hybridized carbons (Fsp3) is 0.500. The Balaban J connectivity index is 1.89. The molecule has 2 rings (SSSR count). The summed E-state index contributed by atoms with van der Waals surface area (Å²) in [6.45, 7) is 3.31. The molecule has 0 unspecified atom stereocenters. The summed E-state index contributed by atoms with van der Waals surface area (Å²) >= 11 is 0. The van der Waals surface area contributed by atoms with Gasteiger partial charge in [-0.2, -0.15) is 0 Å². The molecule has 1 aliphatic heterocycles. The molecule has 0 spiro atoms. The van der Waals surface area contributed by atoms with Gasteiger partial charge in [0.05, 0.1) is 11.7 Å². The number of esters is 2. The molecule has 1 aliphatic rings. The molecule has 22 heavy (non-hydrogen) atoms. The molecule has 1 saturated heterocycles. The van der Waals surface area contributed by atoms with Gasteiger partial charge in [0.2, 0.25) is 6.79 Å². The summed E-state index contributed by atoms with van der Waals surface area (Å²) in [5.74, 6) is -1.01. The number of benzene rings is 1. The van der Waals surface area contributed by atoms with Gasteiger partial charge in [-0.1, -0.05) is 12.1 Å². The lowest BCUT2D eigenvalue weighted by atomic mass is 10.1. The van der Waals surface area contributed by atoms with Gasteiger partial charge >= 0.3 is 11.9 Å². The third-order valence-electron chi connectivity index (χ3n) is 3.58. The zero-order chi connectivity index (χ0) is 15.9. The van der Waals surface area contributed by atoms with E-state index in [1.165, 1.54) is 6.92 Å². The van der Waals surface area contributed by atoms with Crippen molar-refractivity contribution in [2.75, 3.05) is 19.9 Å². The van der Waals surface area contributed by atoms with Gasteiger partial charge in [0.25, 0.3) is 0 Å². The summed E-state index contributed by atoms with van der Waals surface area (Å²) < 4.78 is 9.45. The van der Waals surface area contributed by atoms with Crippen LogP contribution in [0.25, 0.3) is 0 Å². The first kappa shape index (κ1) is 16.5. The summed E-state index contributed by atoms with van der Waals surface area (Å²) in [4.78, 5) is 24.7. The molecule has 0 atom stereocenters. The minimum atomic E-state index is -0.517. The molecule has 1 aromatic rings. The van der Waals surface area contributed by atoms with Crippen LogP contribution in [0.4, 0.5) is 0 Å². The Hall–Kier alpha value is -1.92. The number of likely N-dealkylation sites (tertiary alicyclic amines) is 1. The van der Waals surface area contributed by atoms with Crippen molar-refractivity contribution in [2.24, 2.45) is 0 Å². The maximum atomic E-state index is 11.9. The number of rotatable bonds is 5. The molecule has 0 aliphatic carbocycles. The highest BCUT2D eigenvalue weighted by molar-refractivity contribution is 5.89. The number of piperidine rings is 1. The smallest absolute Gasteiger partial charge is 0.341 e. The molecule has 1 heterocycles. The second kappa shape index (κ2) is 7.91. The lowest BCUT2D eigenvalue weighted by Gasteiger charge is -2.29. The lowest BCUT2D eigenvalue weighted by molar-refractivity contribution is -0.149. The maximum Gasteiger partial charge on any atom is 0.341 e. The van der Waals surface area contributed by atoms with Crippen molar-refractivity contribution in [1.29, 1.82) is 0 Å². The summed E-state index contributed by atoms with van der Waals surface area (Å²) in [6, 6.07) is 7.20. The molecule has 6 nitrogen and oxygen atoms in total. The van der Waals surface area contributed by atoms with E-state index in [0.29, 0.717) is 5.56 Å². The Morgan fingerprint density at radius 2 is 2.00 bits per heavy atom. The fourth-order valence-corrected chi connectivity index (χ4v) is 2.38. The van der Waals surface area contributed by atoms with Crippen LogP contribution in [-0.4, -0.2) is 47.9 Å². The Labute approximate surface area is 129 Å². The van der Waals surface area contributed by atoms with Crippen LogP contribution in [-0.2, 0) is 20.8 Å². The van der Waals surface area contributed by atoms with Crippen LogP contribution in [0.5, 0.6) is 0 Å². The molecule has 1 N–H and O–H groups in total. The third kappa shape index (κ3) is 5.13. The second-order valence-electron chi connectivity index (χ2n) is 5.39. The Morgan fingerprint density at radius 1 is 1.27 bits per heavy atom. The van der Waals surface area contributed by atoms with Gasteiger partial charge in [0, 0.05) is 26.6 Å². The number of aliphatic hydroxyl groups excluding tert-OH is 1. The molecular weight excluding hydrogens is 286 g/mol. The number of hydrogen-bond donors (Lipinski definition) is 1. The average Bonchev–Trinajstić information content (AvgIpc) is 2.49. The first-order valence-corrected chi connectivity index (χ1v) is 7.34. The number of nitrogens with zero attached hydrogens (tertiary/aromatic N) is 1. The molecule has 1 fully saturated rings. The Bertz CT molecular complexity index is 523. The van der Waals surface area contributed by atoms with Crippen molar-refractivity contribution in [3.63, 3.8) is 0 Å². The van der Waals surface area contributed by atoms with E-state index < -0.39 is 11.9 Å². The van der Waals surface area contributed by atoms with Gasteiger partial charge in [-0.25, -0.2) is 4.79 Å². The van der Waals surface area contributed by atoms with Crippen LogP contribution in [0.2, 0.25) is 0 Å². The van der Waals surface area contributed by atoms with E-state index >= 15 is 0 Å². The SMILES string of the molecule is CC(=O)OCOC(=O)c1cccc(CN2CCC(O)CC2)c1. The van der Waals surface area contributed by atoms with Crippen LogP contribution in [0.1, 0.15) is 35.7 Å². The van der Waals surface area contributed by atoms with Crippen molar-refractivity contribution in [3.05, 3.63) is 35.4 Å². The maximum absolute atomic E-state index is 11.9. The van der Waals surface area contributed by atoms with E-state index in [4.69, 9.17) is 4.74 Å². The molecule has 0 radical (unpaired) electrons. The number of ether oxygens (including phenoxy) is 2. The van der Waals surface area contributed by atoms with Gasteiger partial charge < -0.3 is 14.6 Å². The van der Waals surface area contributed by atoms with Gasteiger partial charge in [-0.05, 0) is 30.5 Å². The minimum absolute atomic E-state index is 0.196. The fourth-order valence-electron chi connectivity index (χ4n) is 2.38. The second-order valence-corrected chi connectivity index (χ2v) is 5.39. The van der Waals surface area contributed by atoms with E-state index in [0.717, 1.165) is 38.0 Å². The van der Waals surface area contributed by atoms with Gasteiger partial charge in [-0.15, -0.1) is 0 Å². The summed E-state index contributed by atoms with van der Waals surface area (Å²) in [6.07, 6.45) is 1.37. The van der Waals surface area contributed by atoms with E-state index in [2.05, 4.69) is 9.64 Å². The molecule has 0 saturated carbocycles. The van der Waals surface area contributed by atoms with E-state index in [-0.39, 0.29) is 12.9 Å². The molecular formula is C16H21NO5. The topological polar surface area (TPSA) is 76.1 Å². The van der Waals surface area contributed by atoms with E-state index in [1.807, 2.05) is 6.07 Å². The first-order chi connectivity index (χ1) is 10.5. The van der Waals surface area contributed by atoms with Gasteiger partial charge in [-0.3, -0.25) is 9.69 Å². The van der Waals surface area contributed by atoms with Crippen LogP contribution >= 0.6 is 0 Å². The minimum Gasteiger partial charge on any atom is -0.428 e. The lowest BCUT2D eigenvalue weighted by Crippen LogP contribution is -2.35. The molecule has 0 bridgehead atoms. The molecule has 0 amide bonds. The van der Waals surface area contributed by atoms with Crippen molar-refractivity contribution >= 4 is 11.9 Å². The Kier molecular flexibility index (Phi) is 5.91. The predicted molar refractivity (Wildman–Crippen MR) is 79.0 cm³/mol. The molecule has 120 valence electrons. The molecule has 1 aromatic carbocycles.